The Hall–Kier alpha value is -2.33. The van der Waals surface area contributed by atoms with Crippen molar-refractivity contribution in [2.75, 3.05) is 6.54 Å². The number of nitrogens with zero attached hydrogens (tertiary/aromatic N) is 1. The summed E-state index contributed by atoms with van der Waals surface area (Å²) in [5, 5.41) is 4.49. The number of nitrogens with one attached hydrogen (secondary N) is 2. The summed E-state index contributed by atoms with van der Waals surface area (Å²) in [5.41, 5.74) is 2.64. The lowest BCUT2D eigenvalue weighted by molar-refractivity contribution is 0.0943. The summed E-state index contributed by atoms with van der Waals surface area (Å²) in [6.07, 6.45) is 10.1. The Kier molecular flexibility index (Phi) is 4.22. The second-order valence-electron chi connectivity index (χ2n) is 6.78. The van der Waals surface area contributed by atoms with Crippen LogP contribution in [0.1, 0.15) is 41.6 Å². The maximum Gasteiger partial charge on any atom is 0.252 e. The van der Waals surface area contributed by atoms with Gasteiger partial charge in [0.2, 0.25) is 0 Å². The van der Waals surface area contributed by atoms with Crippen LogP contribution in [0.3, 0.4) is 0 Å². The fraction of sp³-hybridized carbons (Fsp3) is 0.300. The van der Waals surface area contributed by atoms with E-state index >= 15 is 0 Å². The molecule has 0 bridgehead atoms. The molecule has 0 aliphatic heterocycles. The molecule has 4 rings (SSSR count). The summed E-state index contributed by atoms with van der Waals surface area (Å²) in [7, 11) is 0. The van der Waals surface area contributed by atoms with Gasteiger partial charge in [0.1, 0.15) is 0 Å². The first-order chi connectivity index (χ1) is 12.2. The van der Waals surface area contributed by atoms with Crippen LogP contribution < -0.4 is 5.32 Å². The first-order valence-electron chi connectivity index (χ1n) is 8.64. The van der Waals surface area contributed by atoms with Gasteiger partial charge in [-0.05, 0) is 42.7 Å². The highest BCUT2D eigenvalue weighted by Gasteiger charge is 2.36. The Balaban J connectivity index is 1.56. The Morgan fingerprint density at radius 1 is 1.24 bits per heavy atom. The quantitative estimate of drug-likeness (QED) is 0.727. The van der Waals surface area contributed by atoms with Crippen LogP contribution in [-0.4, -0.2) is 22.4 Å². The fourth-order valence-electron chi connectivity index (χ4n) is 3.91. The van der Waals surface area contributed by atoms with Crippen molar-refractivity contribution in [1.82, 2.24) is 15.3 Å². The molecule has 1 aromatic carbocycles. The van der Waals surface area contributed by atoms with Crippen molar-refractivity contribution in [3.63, 3.8) is 0 Å². The molecule has 5 heteroatoms. The van der Waals surface area contributed by atoms with Gasteiger partial charge in [-0.1, -0.05) is 30.5 Å². The number of hydrogen-bond donors (Lipinski definition) is 2. The number of rotatable bonds is 4. The molecular weight excluding hydrogens is 334 g/mol. The number of amides is 1. The molecule has 1 fully saturated rings. The number of halogens is 1. The number of carbonyl (C=O) groups excluding carboxylic acids is 1. The first kappa shape index (κ1) is 16.2. The molecule has 1 aliphatic rings. The lowest BCUT2D eigenvalue weighted by Crippen LogP contribution is -2.39. The van der Waals surface area contributed by atoms with Crippen molar-refractivity contribution in [3.05, 3.63) is 65.1 Å². The van der Waals surface area contributed by atoms with E-state index in [1.54, 1.807) is 12.3 Å². The SMILES string of the molecule is O=C(NCC1(c2cccnc2)CCCC1)c1ccc2[nH]ccc2c1Cl. The Morgan fingerprint density at radius 3 is 2.84 bits per heavy atom. The van der Waals surface area contributed by atoms with E-state index in [9.17, 15) is 4.79 Å². The van der Waals surface area contributed by atoms with E-state index in [1.807, 2.05) is 30.6 Å². The smallest absolute Gasteiger partial charge is 0.252 e. The number of fused-ring (bicyclic) bond motifs is 1. The van der Waals surface area contributed by atoms with Gasteiger partial charge in [-0.2, -0.15) is 0 Å². The standard InChI is InChI=1S/C20H20ClN3O/c21-18-15-7-11-23-17(15)6-5-16(18)19(25)24-13-20(8-1-2-9-20)14-4-3-10-22-12-14/h3-7,10-12,23H,1-2,8-9,13H2,(H,24,25). The molecule has 2 N–H and O–H groups in total. The number of carbonyl (C=O) groups is 1. The van der Waals surface area contributed by atoms with E-state index in [1.165, 1.54) is 18.4 Å². The van der Waals surface area contributed by atoms with Gasteiger partial charge in [0.25, 0.3) is 5.91 Å². The largest absolute Gasteiger partial charge is 0.361 e. The summed E-state index contributed by atoms with van der Waals surface area (Å²) in [6.45, 7) is 0.610. The number of pyridine rings is 1. The van der Waals surface area contributed by atoms with Crippen molar-refractivity contribution in [2.45, 2.75) is 31.1 Å². The zero-order valence-electron chi connectivity index (χ0n) is 13.9. The molecular formula is C20H20ClN3O. The molecule has 2 aromatic heterocycles. The normalized spacial score (nSPS) is 16.2. The maximum absolute atomic E-state index is 12.7. The van der Waals surface area contributed by atoms with Crippen LogP contribution in [0.2, 0.25) is 5.02 Å². The number of benzene rings is 1. The highest BCUT2D eigenvalue weighted by atomic mass is 35.5. The molecule has 0 unspecified atom stereocenters. The lowest BCUT2D eigenvalue weighted by Gasteiger charge is -2.29. The third-order valence-electron chi connectivity index (χ3n) is 5.34. The van der Waals surface area contributed by atoms with Gasteiger partial charge in [0, 0.05) is 41.5 Å². The molecule has 4 nitrogen and oxygen atoms in total. The Labute approximate surface area is 151 Å². The molecule has 0 spiro atoms. The minimum Gasteiger partial charge on any atom is -0.361 e. The van der Waals surface area contributed by atoms with Crippen molar-refractivity contribution in [2.24, 2.45) is 0 Å². The topological polar surface area (TPSA) is 57.8 Å². The number of aromatic nitrogens is 2. The van der Waals surface area contributed by atoms with E-state index in [2.05, 4.69) is 21.4 Å². The minimum atomic E-state index is -0.122. The lowest BCUT2D eigenvalue weighted by atomic mass is 9.79. The van der Waals surface area contributed by atoms with Crippen molar-refractivity contribution >= 4 is 28.4 Å². The third-order valence-corrected chi connectivity index (χ3v) is 5.74. The van der Waals surface area contributed by atoms with Crippen LogP contribution in [-0.2, 0) is 5.41 Å². The minimum absolute atomic E-state index is 0.0193. The van der Waals surface area contributed by atoms with Gasteiger partial charge in [-0.3, -0.25) is 9.78 Å². The van der Waals surface area contributed by atoms with Gasteiger partial charge in [-0.25, -0.2) is 0 Å². The van der Waals surface area contributed by atoms with Crippen LogP contribution in [0.4, 0.5) is 0 Å². The summed E-state index contributed by atoms with van der Waals surface area (Å²) >= 11 is 6.43. The van der Waals surface area contributed by atoms with Crippen LogP contribution >= 0.6 is 11.6 Å². The first-order valence-corrected chi connectivity index (χ1v) is 9.02. The summed E-state index contributed by atoms with van der Waals surface area (Å²) in [4.78, 5) is 20.1. The molecule has 25 heavy (non-hydrogen) atoms. The molecule has 0 radical (unpaired) electrons. The summed E-state index contributed by atoms with van der Waals surface area (Å²) in [6, 6.07) is 9.64. The van der Waals surface area contributed by atoms with Crippen LogP contribution in [0.15, 0.2) is 48.9 Å². The number of aromatic amines is 1. The van der Waals surface area contributed by atoms with Gasteiger partial charge in [0.15, 0.2) is 0 Å². The molecule has 1 aliphatic carbocycles. The maximum atomic E-state index is 12.7. The van der Waals surface area contributed by atoms with Gasteiger partial charge in [0.05, 0.1) is 10.6 Å². The van der Waals surface area contributed by atoms with E-state index in [0.717, 1.165) is 23.7 Å². The van der Waals surface area contributed by atoms with E-state index in [-0.39, 0.29) is 11.3 Å². The second-order valence-corrected chi connectivity index (χ2v) is 7.16. The third kappa shape index (κ3) is 2.91. The number of hydrogen-bond acceptors (Lipinski definition) is 2. The van der Waals surface area contributed by atoms with E-state index < -0.39 is 0 Å². The van der Waals surface area contributed by atoms with Crippen molar-refractivity contribution in [3.8, 4) is 0 Å². The second kappa shape index (κ2) is 6.52. The average Bonchev–Trinajstić information content (AvgIpc) is 3.31. The summed E-state index contributed by atoms with van der Waals surface area (Å²) in [5.74, 6) is -0.122. The Morgan fingerprint density at radius 2 is 2.08 bits per heavy atom. The van der Waals surface area contributed by atoms with Crippen LogP contribution in [0.25, 0.3) is 10.9 Å². The van der Waals surface area contributed by atoms with Crippen LogP contribution in [0.5, 0.6) is 0 Å². The average molecular weight is 354 g/mol. The highest BCUT2D eigenvalue weighted by molar-refractivity contribution is 6.38. The molecule has 0 saturated heterocycles. The number of H-pyrrole nitrogens is 1. The van der Waals surface area contributed by atoms with Crippen LogP contribution in [0, 0.1) is 0 Å². The molecule has 1 amide bonds. The van der Waals surface area contributed by atoms with Crippen molar-refractivity contribution < 1.29 is 4.79 Å². The predicted molar refractivity (Wildman–Crippen MR) is 100 cm³/mol. The fourth-order valence-corrected chi connectivity index (χ4v) is 4.23. The van der Waals surface area contributed by atoms with Crippen molar-refractivity contribution in [1.29, 1.82) is 0 Å². The molecule has 1 saturated carbocycles. The zero-order valence-corrected chi connectivity index (χ0v) is 14.6. The predicted octanol–water partition coefficient (Wildman–Crippen LogP) is 4.46. The Bertz CT molecular complexity index is 898. The monoisotopic (exact) mass is 353 g/mol. The highest BCUT2D eigenvalue weighted by Crippen LogP contribution is 2.40. The van der Waals surface area contributed by atoms with Gasteiger partial charge < -0.3 is 10.3 Å². The molecule has 3 aromatic rings. The molecule has 0 atom stereocenters. The van der Waals surface area contributed by atoms with Gasteiger partial charge >= 0.3 is 0 Å². The van der Waals surface area contributed by atoms with E-state index in [4.69, 9.17) is 11.6 Å². The van der Waals surface area contributed by atoms with E-state index in [0.29, 0.717) is 17.1 Å². The van der Waals surface area contributed by atoms with Gasteiger partial charge in [-0.15, -0.1) is 0 Å². The molecule has 2 heterocycles. The zero-order chi connectivity index (χ0) is 17.3. The summed E-state index contributed by atoms with van der Waals surface area (Å²) < 4.78 is 0. The molecule has 128 valence electrons.